The van der Waals surface area contributed by atoms with Crippen LogP contribution in [0.2, 0.25) is 0 Å². The minimum Gasteiger partial charge on any atom is -0.394 e. The monoisotopic (exact) mass is 176 g/mol. The maximum absolute atomic E-state index is 8.09. The summed E-state index contributed by atoms with van der Waals surface area (Å²) >= 11 is 0. The number of hydrogen-bond donors (Lipinski definition) is 2. The Hall–Kier alpha value is -0.980. The number of aliphatic hydroxyl groups is 2. The van der Waals surface area contributed by atoms with E-state index < -0.39 is 0 Å². The van der Waals surface area contributed by atoms with Crippen LogP contribution in [0.25, 0.3) is 0 Å². The quantitative estimate of drug-likeness (QED) is 0.575. The fourth-order valence-electron chi connectivity index (χ4n) is 0.367. The van der Waals surface area contributed by atoms with Gasteiger partial charge in [0.05, 0.1) is 38.8 Å². The van der Waals surface area contributed by atoms with Crippen LogP contribution < -0.4 is 0 Å². The van der Waals surface area contributed by atoms with Gasteiger partial charge >= 0.3 is 0 Å². The Morgan fingerprint density at radius 1 is 1.08 bits per heavy atom. The first-order chi connectivity index (χ1) is 5.91. The van der Waals surface area contributed by atoms with Crippen molar-refractivity contribution in [2.45, 2.75) is 0 Å². The first-order valence-electron chi connectivity index (χ1n) is 3.42. The molecule has 0 radical (unpaired) electrons. The molecule has 0 aliphatic rings. The van der Waals surface area contributed by atoms with Gasteiger partial charge in [0, 0.05) is 0 Å². The molecule has 0 fully saturated rings. The van der Waals surface area contributed by atoms with Crippen LogP contribution in [-0.4, -0.2) is 47.0 Å². The first-order valence-corrected chi connectivity index (χ1v) is 3.42. The summed E-state index contributed by atoms with van der Waals surface area (Å²) in [4.78, 5) is 0. The van der Waals surface area contributed by atoms with Crippen molar-refractivity contribution in [2.24, 2.45) is 0 Å². The molecule has 0 aliphatic heterocycles. The van der Waals surface area contributed by atoms with Crippen LogP contribution in [-0.2, 0) is 4.74 Å². The van der Waals surface area contributed by atoms with E-state index in [0.29, 0.717) is 13.2 Å². The van der Waals surface area contributed by atoms with E-state index in [-0.39, 0.29) is 13.2 Å². The minimum absolute atomic E-state index is 0.0278. The lowest BCUT2D eigenvalue weighted by Crippen LogP contribution is -2.03. The molecule has 6 heteroatoms. The summed E-state index contributed by atoms with van der Waals surface area (Å²) in [5.74, 6) is 0. The Morgan fingerprint density at radius 3 is 1.83 bits per heavy atom. The Kier molecular flexibility index (Phi) is 9.20. The second-order valence-corrected chi connectivity index (χ2v) is 1.65. The molecular weight excluding hydrogens is 164 g/mol. The van der Waals surface area contributed by atoms with Crippen molar-refractivity contribution in [3.05, 3.63) is 12.4 Å². The molecule has 0 bridgehead atoms. The number of nitrogens with zero attached hydrogens (tertiary/aromatic N) is 2. The molecule has 1 heterocycles. The summed E-state index contributed by atoms with van der Waals surface area (Å²) < 4.78 is 8.72. The average Bonchev–Trinajstić information content (AvgIpc) is 2.62. The number of aromatic nitrogens is 2. The largest absolute Gasteiger partial charge is 0.394 e. The molecule has 2 N–H and O–H groups in total. The normalized spacial score (nSPS) is 8.83. The number of aliphatic hydroxyl groups excluding tert-OH is 2. The molecule has 0 unspecified atom stereocenters. The molecule has 0 saturated carbocycles. The van der Waals surface area contributed by atoms with Crippen LogP contribution in [0.4, 0.5) is 0 Å². The SMILES string of the molecule is OCCOCCO.c1cnon1. The second-order valence-electron chi connectivity index (χ2n) is 1.65. The number of hydrogen-bond acceptors (Lipinski definition) is 6. The Balaban J connectivity index is 0.000000211. The van der Waals surface area contributed by atoms with Crippen LogP contribution in [0.1, 0.15) is 0 Å². The third-order valence-electron chi connectivity index (χ3n) is 0.754. The fraction of sp³-hybridized carbons (Fsp3) is 0.667. The van der Waals surface area contributed by atoms with Crippen LogP contribution in [0.15, 0.2) is 17.0 Å². The molecule has 0 amide bonds. The van der Waals surface area contributed by atoms with Crippen molar-refractivity contribution in [1.29, 1.82) is 0 Å². The zero-order valence-corrected chi connectivity index (χ0v) is 6.59. The molecule has 1 aromatic heterocycles. The third kappa shape index (κ3) is 9.02. The molecule has 0 spiro atoms. The third-order valence-corrected chi connectivity index (χ3v) is 0.754. The summed E-state index contributed by atoms with van der Waals surface area (Å²) in [7, 11) is 0. The predicted molar refractivity (Wildman–Crippen MR) is 39.3 cm³/mol. The van der Waals surface area contributed by atoms with Gasteiger partial charge in [0.2, 0.25) is 0 Å². The lowest BCUT2D eigenvalue weighted by atomic mass is 10.7. The van der Waals surface area contributed by atoms with Crippen molar-refractivity contribution in [2.75, 3.05) is 26.4 Å². The summed E-state index contributed by atoms with van der Waals surface area (Å²) in [5.41, 5.74) is 0. The molecule has 0 aliphatic carbocycles. The van der Waals surface area contributed by atoms with E-state index in [1.807, 2.05) is 0 Å². The van der Waals surface area contributed by atoms with Gasteiger partial charge in [-0.25, -0.2) is 4.63 Å². The Morgan fingerprint density at radius 2 is 1.58 bits per heavy atom. The lowest BCUT2D eigenvalue weighted by molar-refractivity contribution is 0.0650. The molecule has 0 aromatic carbocycles. The van der Waals surface area contributed by atoms with E-state index >= 15 is 0 Å². The van der Waals surface area contributed by atoms with E-state index in [2.05, 4.69) is 19.7 Å². The topological polar surface area (TPSA) is 88.6 Å². The van der Waals surface area contributed by atoms with E-state index in [4.69, 9.17) is 10.2 Å². The van der Waals surface area contributed by atoms with Crippen LogP contribution in [0.3, 0.4) is 0 Å². The molecule has 70 valence electrons. The maximum Gasteiger partial charge on any atom is 0.0913 e. The smallest absolute Gasteiger partial charge is 0.0913 e. The summed E-state index contributed by atoms with van der Waals surface area (Å²) in [6, 6.07) is 0. The van der Waals surface area contributed by atoms with Gasteiger partial charge in [-0.1, -0.05) is 10.3 Å². The van der Waals surface area contributed by atoms with Gasteiger partial charge in [0.1, 0.15) is 0 Å². The highest BCUT2D eigenvalue weighted by Crippen LogP contribution is 1.68. The van der Waals surface area contributed by atoms with Gasteiger partial charge in [-0.2, -0.15) is 0 Å². The minimum atomic E-state index is 0.0278. The molecule has 6 nitrogen and oxygen atoms in total. The zero-order valence-electron chi connectivity index (χ0n) is 6.59. The van der Waals surface area contributed by atoms with Crippen molar-refractivity contribution in [3.63, 3.8) is 0 Å². The van der Waals surface area contributed by atoms with Gasteiger partial charge in [-0.15, -0.1) is 0 Å². The highest BCUT2D eigenvalue weighted by Gasteiger charge is 1.79. The molecule has 1 aromatic rings. The second kappa shape index (κ2) is 10.0. The molecular formula is C6H12N2O4. The van der Waals surface area contributed by atoms with Crippen molar-refractivity contribution >= 4 is 0 Å². The average molecular weight is 176 g/mol. The summed E-state index contributed by atoms with van der Waals surface area (Å²) in [6.07, 6.45) is 2.94. The predicted octanol–water partition coefficient (Wildman–Crippen LogP) is -0.943. The van der Waals surface area contributed by atoms with E-state index in [9.17, 15) is 0 Å². The van der Waals surface area contributed by atoms with Crippen molar-refractivity contribution in [1.82, 2.24) is 10.3 Å². The number of ether oxygens (including phenoxy) is 1. The van der Waals surface area contributed by atoms with E-state index in [1.165, 1.54) is 12.4 Å². The lowest BCUT2D eigenvalue weighted by Gasteiger charge is -1.94. The van der Waals surface area contributed by atoms with Gasteiger partial charge in [0.25, 0.3) is 0 Å². The first kappa shape index (κ1) is 11.0. The van der Waals surface area contributed by atoms with Gasteiger partial charge in [-0.05, 0) is 0 Å². The fourth-order valence-corrected chi connectivity index (χ4v) is 0.367. The highest BCUT2D eigenvalue weighted by molar-refractivity contribution is 4.51. The van der Waals surface area contributed by atoms with Crippen LogP contribution in [0.5, 0.6) is 0 Å². The van der Waals surface area contributed by atoms with Crippen LogP contribution >= 0.6 is 0 Å². The molecule has 1 rings (SSSR count). The number of rotatable bonds is 4. The molecule has 0 saturated heterocycles. The van der Waals surface area contributed by atoms with Gasteiger partial charge in [0.15, 0.2) is 0 Å². The standard InChI is InChI=1S/C4H10O3.C2H2N2O/c5-1-3-7-4-2-6;1-2-4-5-3-1/h5-6H,1-4H2;1-2H. The Bertz CT molecular complexity index is 124. The van der Waals surface area contributed by atoms with E-state index in [1.54, 1.807) is 0 Å². The van der Waals surface area contributed by atoms with Crippen LogP contribution in [0, 0.1) is 0 Å². The zero-order chi connectivity index (χ0) is 9.07. The van der Waals surface area contributed by atoms with Crippen molar-refractivity contribution in [3.8, 4) is 0 Å². The maximum atomic E-state index is 8.09. The van der Waals surface area contributed by atoms with Gasteiger partial charge in [-0.3, -0.25) is 0 Å². The molecule has 12 heavy (non-hydrogen) atoms. The van der Waals surface area contributed by atoms with Gasteiger partial charge < -0.3 is 14.9 Å². The molecule has 0 atom stereocenters. The highest BCUT2D eigenvalue weighted by atomic mass is 16.6. The van der Waals surface area contributed by atoms with E-state index in [0.717, 1.165) is 0 Å². The summed E-state index contributed by atoms with van der Waals surface area (Å²) in [6.45, 7) is 0.696. The van der Waals surface area contributed by atoms with Crippen molar-refractivity contribution < 1.29 is 19.6 Å². The Labute approximate surface area is 69.7 Å². The summed E-state index contributed by atoms with van der Waals surface area (Å²) in [5, 5.41) is 22.6.